The SMILES string of the molecule is CCC(CC)NC(=O)c1cnc(-c2cccc(-c3cc(C(=O)N[C@@H](CC(C)C)C(N)=O)[nH]n3)c2)o1. The molecule has 5 N–H and O–H groups in total. The Bertz CT molecular complexity index is 1180. The Labute approximate surface area is 204 Å². The summed E-state index contributed by atoms with van der Waals surface area (Å²) in [5.41, 5.74) is 7.52. The lowest BCUT2D eigenvalue weighted by Gasteiger charge is -2.16. The fourth-order valence-electron chi connectivity index (χ4n) is 3.61. The number of benzene rings is 1. The van der Waals surface area contributed by atoms with E-state index in [1.807, 2.05) is 39.8 Å². The number of primary amides is 1. The van der Waals surface area contributed by atoms with Crippen LogP contribution in [0.3, 0.4) is 0 Å². The molecule has 10 heteroatoms. The van der Waals surface area contributed by atoms with Gasteiger partial charge in [-0.2, -0.15) is 5.10 Å². The molecule has 0 saturated heterocycles. The number of hydrogen-bond acceptors (Lipinski definition) is 6. The van der Waals surface area contributed by atoms with Crippen molar-refractivity contribution in [1.82, 2.24) is 25.8 Å². The Morgan fingerprint density at radius 1 is 1.06 bits per heavy atom. The maximum absolute atomic E-state index is 12.6. The van der Waals surface area contributed by atoms with E-state index in [-0.39, 0.29) is 29.3 Å². The second-order valence-electron chi connectivity index (χ2n) is 8.82. The third-order valence-corrected chi connectivity index (χ3v) is 5.63. The number of nitrogens with two attached hydrogens (primary N) is 1. The first-order valence-electron chi connectivity index (χ1n) is 11.7. The largest absolute Gasteiger partial charge is 0.431 e. The molecule has 0 unspecified atom stereocenters. The van der Waals surface area contributed by atoms with Gasteiger partial charge in [0.15, 0.2) is 0 Å². The van der Waals surface area contributed by atoms with Gasteiger partial charge >= 0.3 is 0 Å². The minimum atomic E-state index is -0.765. The zero-order valence-corrected chi connectivity index (χ0v) is 20.4. The minimum Gasteiger partial charge on any atom is -0.431 e. The summed E-state index contributed by atoms with van der Waals surface area (Å²) in [6.07, 6.45) is 3.51. The number of rotatable bonds is 11. The van der Waals surface area contributed by atoms with E-state index in [2.05, 4.69) is 25.8 Å². The molecule has 10 nitrogen and oxygen atoms in total. The fraction of sp³-hybridized carbons (Fsp3) is 0.400. The van der Waals surface area contributed by atoms with Crippen LogP contribution in [0.5, 0.6) is 0 Å². The normalized spacial score (nSPS) is 12.1. The summed E-state index contributed by atoms with van der Waals surface area (Å²) in [5, 5.41) is 12.5. The summed E-state index contributed by atoms with van der Waals surface area (Å²) >= 11 is 0. The number of oxazole rings is 1. The Morgan fingerprint density at radius 2 is 1.77 bits per heavy atom. The number of H-pyrrole nitrogens is 1. The number of hydrogen-bond donors (Lipinski definition) is 4. The molecule has 0 aliphatic heterocycles. The molecule has 3 amide bonds. The van der Waals surface area contributed by atoms with Gasteiger partial charge in [-0.25, -0.2) is 4.98 Å². The van der Waals surface area contributed by atoms with Crippen LogP contribution in [0, 0.1) is 5.92 Å². The average molecular weight is 481 g/mol. The summed E-state index contributed by atoms with van der Waals surface area (Å²) in [7, 11) is 0. The van der Waals surface area contributed by atoms with Gasteiger partial charge in [0.25, 0.3) is 11.8 Å². The number of aromatic nitrogens is 3. The smallest absolute Gasteiger partial charge is 0.288 e. The highest BCUT2D eigenvalue weighted by molar-refractivity contribution is 5.96. The molecule has 186 valence electrons. The van der Waals surface area contributed by atoms with E-state index in [0.717, 1.165) is 12.8 Å². The first-order valence-corrected chi connectivity index (χ1v) is 11.7. The van der Waals surface area contributed by atoms with Crippen molar-refractivity contribution in [2.75, 3.05) is 0 Å². The van der Waals surface area contributed by atoms with Crippen LogP contribution in [0.4, 0.5) is 0 Å². The topological polar surface area (TPSA) is 156 Å². The van der Waals surface area contributed by atoms with E-state index in [1.165, 1.54) is 6.20 Å². The summed E-state index contributed by atoms with van der Waals surface area (Å²) in [6.45, 7) is 7.91. The van der Waals surface area contributed by atoms with Crippen molar-refractivity contribution < 1.29 is 18.8 Å². The number of nitrogens with zero attached hydrogens (tertiary/aromatic N) is 2. The molecule has 0 radical (unpaired) electrons. The van der Waals surface area contributed by atoms with Crippen LogP contribution in [0.1, 0.15) is 68.0 Å². The van der Waals surface area contributed by atoms with E-state index in [0.29, 0.717) is 29.1 Å². The summed E-state index contributed by atoms with van der Waals surface area (Å²) in [6, 6.07) is 8.15. The van der Waals surface area contributed by atoms with E-state index in [9.17, 15) is 14.4 Å². The molecule has 3 aromatic rings. The van der Waals surface area contributed by atoms with E-state index in [4.69, 9.17) is 10.2 Å². The van der Waals surface area contributed by atoms with Crippen molar-refractivity contribution in [2.45, 2.75) is 59.0 Å². The standard InChI is InChI=1S/C25H32N6O4/c1-5-17(6-2)28-24(34)21-13-27-25(35-21)16-9-7-8-15(11-16)18-12-20(31-30-18)23(33)29-19(22(26)32)10-14(3)4/h7-9,11-14,17,19H,5-6,10H2,1-4H3,(H2,26,32)(H,28,34)(H,29,33)(H,30,31)/t19-/m0/s1. The molecule has 0 aliphatic carbocycles. The number of carbonyl (C=O) groups is 3. The van der Waals surface area contributed by atoms with Crippen LogP contribution in [-0.2, 0) is 4.79 Å². The zero-order valence-electron chi connectivity index (χ0n) is 20.4. The van der Waals surface area contributed by atoms with Gasteiger partial charge in [0.2, 0.25) is 17.6 Å². The molecular weight excluding hydrogens is 448 g/mol. The van der Waals surface area contributed by atoms with Gasteiger partial charge in [-0.05, 0) is 43.4 Å². The van der Waals surface area contributed by atoms with E-state index >= 15 is 0 Å². The molecule has 2 aromatic heterocycles. The van der Waals surface area contributed by atoms with Crippen molar-refractivity contribution in [3.05, 3.63) is 48.0 Å². The molecule has 35 heavy (non-hydrogen) atoms. The lowest BCUT2D eigenvalue weighted by atomic mass is 10.0. The molecule has 3 rings (SSSR count). The molecule has 0 bridgehead atoms. The van der Waals surface area contributed by atoms with Crippen LogP contribution >= 0.6 is 0 Å². The zero-order chi connectivity index (χ0) is 25.5. The van der Waals surface area contributed by atoms with Crippen molar-refractivity contribution in [1.29, 1.82) is 0 Å². The van der Waals surface area contributed by atoms with Crippen LogP contribution in [0.2, 0.25) is 0 Å². The van der Waals surface area contributed by atoms with Crippen LogP contribution in [0.25, 0.3) is 22.7 Å². The van der Waals surface area contributed by atoms with Gasteiger partial charge in [-0.1, -0.05) is 39.8 Å². The molecule has 1 atom stereocenters. The van der Waals surface area contributed by atoms with Crippen LogP contribution in [0.15, 0.2) is 40.9 Å². The van der Waals surface area contributed by atoms with Gasteiger partial charge in [0.1, 0.15) is 11.7 Å². The molecule has 0 aliphatic rings. The Morgan fingerprint density at radius 3 is 2.43 bits per heavy atom. The lowest BCUT2D eigenvalue weighted by molar-refractivity contribution is -0.120. The fourth-order valence-corrected chi connectivity index (χ4v) is 3.61. The van der Waals surface area contributed by atoms with Gasteiger partial charge in [-0.15, -0.1) is 0 Å². The minimum absolute atomic E-state index is 0.0778. The molecule has 0 fully saturated rings. The maximum atomic E-state index is 12.6. The highest BCUT2D eigenvalue weighted by Gasteiger charge is 2.22. The summed E-state index contributed by atoms with van der Waals surface area (Å²) in [4.78, 5) is 40.9. The molecule has 0 spiro atoms. The highest BCUT2D eigenvalue weighted by Crippen LogP contribution is 2.26. The average Bonchev–Trinajstić information content (AvgIpc) is 3.52. The van der Waals surface area contributed by atoms with Crippen molar-refractivity contribution >= 4 is 17.7 Å². The van der Waals surface area contributed by atoms with Gasteiger partial charge in [0.05, 0.1) is 11.9 Å². The number of aromatic amines is 1. The number of nitrogens with one attached hydrogen (secondary N) is 3. The van der Waals surface area contributed by atoms with Gasteiger partial charge in [0, 0.05) is 17.2 Å². The van der Waals surface area contributed by atoms with Crippen LogP contribution < -0.4 is 16.4 Å². The lowest BCUT2D eigenvalue weighted by Crippen LogP contribution is -2.45. The van der Waals surface area contributed by atoms with Gasteiger partial charge < -0.3 is 20.8 Å². The first-order chi connectivity index (χ1) is 16.7. The third kappa shape index (κ3) is 6.56. The van der Waals surface area contributed by atoms with E-state index < -0.39 is 17.9 Å². The van der Waals surface area contributed by atoms with Crippen molar-refractivity contribution in [2.24, 2.45) is 11.7 Å². The second-order valence-corrected chi connectivity index (χ2v) is 8.82. The summed E-state index contributed by atoms with van der Waals surface area (Å²) in [5.74, 6) is -0.726. The van der Waals surface area contributed by atoms with E-state index in [1.54, 1.807) is 18.2 Å². The molecule has 1 aromatic carbocycles. The number of carbonyl (C=O) groups excluding carboxylic acids is 3. The van der Waals surface area contributed by atoms with Crippen molar-refractivity contribution in [3.8, 4) is 22.7 Å². The Kier molecular flexibility index (Phi) is 8.40. The molecule has 0 saturated carbocycles. The third-order valence-electron chi connectivity index (χ3n) is 5.63. The maximum Gasteiger partial charge on any atom is 0.288 e. The first kappa shape index (κ1) is 25.7. The predicted molar refractivity (Wildman–Crippen MR) is 131 cm³/mol. The molecule has 2 heterocycles. The van der Waals surface area contributed by atoms with Crippen LogP contribution in [-0.4, -0.2) is 45.0 Å². The predicted octanol–water partition coefficient (Wildman–Crippen LogP) is 3.28. The van der Waals surface area contributed by atoms with Gasteiger partial charge in [-0.3, -0.25) is 19.5 Å². The monoisotopic (exact) mass is 480 g/mol. The number of amides is 3. The summed E-state index contributed by atoms with van der Waals surface area (Å²) < 4.78 is 5.69. The highest BCUT2D eigenvalue weighted by atomic mass is 16.4. The Hall–Kier alpha value is -3.95. The quantitative estimate of drug-likeness (QED) is 0.330. The second kappa shape index (κ2) is 11.5. The Balaban J connectivity index is 1.75. The van der Waals surface area contributed by atoms with Crippen molar-refractivity contribution in [3.63, 3.8) is 0 Å². The molecular formula is C25H32N6O4.